The Morgan fingerprint density at radius 2 is 2.00 bits per heavy atom. The highest BCUT2D eigenvalue weighted by Crippen LogP contribution is 2.49. The molecule has 3 atom stereocenters. The molecule has 5 nitrogen and oxygen atoms in total. The summed E-state index contributed by atoms with van der Waals surface area (Å²) < 4.78 is 0. The summed E-state index contributed by atoms with van der Waals surface area (Å²) >= 11 is 0. The minimum Gasteiger partial charge on any atom is -0.345 e. The number of fused-ring (bicyclic) bond motifs is 2. The topological polar surface area (TPSA) is 69.8 Å². The van der Waals surface area contributed by atoms with Crippen LogP contribution < -0.4 is 10.6 Å². The van der Waals surface area contributed by atoms with Gasteiger partial charge in [0.25, 0.3) is 0 Å². The number of carbonyl (C=O) groups excluding carboxylic acids is 1. The first-order valence-corrected chi connectivity index (χ1v) is 7.54. The fourth-order valence-electron chi connectivity index (χ4n) is 3.70. The van der Waals surface area contributed by atoms with Gasteiger partial charge in [0, 0.05) is 11.3 Å². The fraction of sp³-hybridized carbons (Fsp3) is 0.500. The van der Waals surface area contributed by atoms with E-state index in [9.17, 15) is 4.79 Å². The predicted molar refractivity (Wildman–Crippen MR) is 80.6 cm³/mol. The Morgan fingerprint density at radius 1 is 1.29 bits per heavy atom. The van der Waals surface area contributed by atoms with Crippen LogP contribution in [-0.4, -0.2) is 29.2 Å². The second-order valence-electron chi connectivity index (χ2n) is 6.74. The number of aromatic amines is 1. The number of benzene rings is 1. The van der Waals surface area contributed by atoms with Gasteiger partial charge in [0.05, 0.1) is 16.7 Å². The molecule has 0 radical (unpaired) electrons. The van der Waals surface area contributed by atoms with Crippen LogP contribution in [-0.2, 0) is 10.3 Å². The molecule has 1 aromatic carbocycles. The minimum absolute atomic E-state index is 0.176. The molecule has 1 saturated heterocycles. The van der Waals surface area contributed by atoms with Gasteiger partial charge in [0.1, 0.15) is 0 Å². The first-order valence-electron chi connectivity index (χ1n) is 7.54. The molecule has 2 unspecified atom stereocenters. The van der Waals surface area contributed by atoms with Crippen LogP contribution in [0.1, 0.15) is 19.5 Å². The number of hydrogen-bond acceptors (Lipinski definition) is 3. The van der Waals surface area contributed by atoms with Crippen LogP contribution in [0.5, 0.6) is 0 Å². The molecular weight excluding hydrogens is 264 g/mol. The zero-order chi connectivity index (χ0) is 14.6. The summed E-state index contributed by atoms with van der Waals surface area (Å²) in [5, 5.41) is 15.0. The van der Waals surface area contributed by atoms with Crippen LogP contribution in [0.15, 0.2) is 24.3 Å². The average Bonchev–Trinajstić information content (AvgIpc) is 2.82. The highest BCUT2D eigenvalue weighted by Gasteiger charge is 2.57. The molecule has 110 valence electrons. The van der Waals surface area contributed by atoms with Crippen molar-refractivity contribution in [2.24, 2.45) is 17.8 Å². The van der Waals surface area contributed by atoms with Crippen LogP contribution in [0.2, 0.25) is 0 Å². The van der Waals surface area contributed by atoms with E-state index in [-0.39, 0.29) is 11.8 Å². The van der Waals surface area contributed by atoms with E-state index < -0.39 is 5.54 Å². The molecule has 1 aliphatic heterocycles. The third kappa shape index (κ3) is 1.95. The van der Waals surface area contributed by atoms with Gasteiger partial charge in [0.15, 0.2) is 0 Å². The van der Waals surface area contributed by atoms with Crippen molar-refractivity contribution >= 4 is 16.8 Å². The summed E-state index contributed by atoms with van der Waals surface area (Å²) in [4.78, 5) is 12.5. The van der Waals surface area contributed by atoms with Crippen molar-refractivity contribution in [3.63, 3.8) is 0 Å². The van der Waals surface area contributed by atoms with Crippen LogP contribution >= 0.6 is 0 Å². The number of rotatable bonds is 3. The number of amides is 1. The minimum atomic E-state index is -0.447. The van der Waals surface area contributed by atoms with E-state index in [2.05, 4.69) is 20.8 Å². The maximum absolute atomic E-state index is 12.5. The molecule has 0 bridgehead atoms. The monoisotopic (exact) mass is 284 g/mol. The highest BCUT2D eigenvalue weighted by molar-refractivity contribution is 5.86. The van der Waals surface area contributed by atoms with Crippen LogP contribution in [0.4, 0.5) is 0 Å². The lowest BCUT2D eigenvalue weighted by atomic mass is 9.96. The van der Waals surface area contributed by atoms with Crippen LogP contribution in [0.3, 0.4) is 0 Å². The van der Waals surface area contributed by atoms with Gasteiger partial charge in [-0.1, -0.05) is 18.2 Å². The molecule has 1 aromatic heterocycles. The molecule has 2 heterocycles. The SMILES string of the molecule is CC(C)(NC(=O)C1C2CNC[C@@H]21)c1[nH]nc2ccccc12. The van der Waals surface area contributed by atoms with Gasteiger partial charge >= 0.3 is 0 Å². The molecule has 5 heteroatoms. The molecule has 2 aromatic rings. The molecule has 3 N–H and O–H groups in total. The summed E-state index contributed by atoms with van der Waals surface area (Å²) in [6.45, 7) is 6.02. The van der Waals surface area contributed by atoms with Crippen molar-refractivity contribution in [1.29, 1.82) is 0 Å². The van der Waals surface area contributed by atoms with Crippen LogP contribution in [0, 0.1) is 17.8 Å². The fourth-order valence-corrected chi connectivity index (χ4v) is 3.70. The molecular formula is C16H20N4O. The average molecular weight is 284 g/mol. The summed E-state index contributed by atoms with van der Waals surface area (Å²) in [7, 11) is 0. The van der Waals surface area contributed by atoms with Crippen molar-refractivity contribution < 1.29 is 4.79 Å². The molecule has 2 fully saturated rings. The van der Waals surface area contributed by atoms with Crippen LogP contribution in [0.25, 0.3) is 10.9 Å². The zero-order valence-electron chi connectivity index (χ0n) is 12.3. The Kier molecular flexibility index (Phi) is 2.63. The summed E-state index contributed by atoms with van der Waals surface area (Å²) in [5.74, 6) is 1.45. The third-order valence-corrected chi connectivity index (χ3v) is 4.92. The number of H-pyrrole nitrogens is 1. The second kappa shape index (κ2) is 4.31. The van der Waals surface area contributed by atoms with E-state index in [1.54, 1.807) is 0 Å². The maximum atomic E-state index is 12.5. The summed E-state index contributed by atoms with van der Waals surface area (Å²) in [6.07, 6.45) is 0. The smallest absolute Gasteiger partial charge is 0.224 e. The second-order valence-corrected chi connectivity index (χ2v) is 6.74. The number of piperidine rings is 1. The maximum Gasteiger partial charge on any atom is 0.224 e. The van der Waals surface area contributed by atoms with E-state index in [1.807, 2.05) is 38.1 Å². The number of nitrogens with one attached hydrogen (secondary N) is 3. The largest absolute Gasteiger partial charge is 0.345 e. The lowest BCUT2D eigenvalue weighted by molar-refractivity contribution is -0.124. The Balaban J connectivity index is 1.57. The lowest BCUT2D eigenvalue weighted by Crippen LogP contribution is -2.43. The van der Waals surface area contributed by atoms with Crippen molar-refractivity contribution in [2.75, 3.05) is 13.1 Å². The van der Waals surface area contributed by atoms with E-state index >= 15 is 0 Å². The van der Waals surface area contributed by atoms with E-state index in [0.29, 0.717) is 11.8 Å². The Hall–Kier alpha value is -1.88. The number of hydrogen-bond donors (Lipinski definition) is 3. The van der Waals surface area contributed by atoms with Crippen molar-refractivity contribution in [1.82, 2.24) is 20.8 Å². The van der Waals surface area contributed by atoms with Crippen molar-refractivity contribution in [2.45, 2.75) is 19.4 Å². The van der Waals surface area contributed by atoms with Gasteiger partial charge in [-0.25, -0.2) is 0 Å². The predicted octanol–water partition coefficient (Wildman–Crippen LogP) is 1.38. The molecule has 1 saturated carbocycles. The van der Waals surface area contributed by atoms with E-state index in [0.717, 1.165) is 29.7 Å². The Morgan fingerprint density at radius 3 is 2.76 bits per heavy atom. The van der Waals surface area contributed by atoms with Gasteiger partial charge in [-0.3, -0.25) is 9.89 Å². The Labute approximate surface area is 123 Å². The lowest BCUT2D eigenvalue weighted by Gasteiger charge is -2.26. The standard InChI is InChI=1S/C16H20N4O/c1-16(2,14-9-5-3-4-6-12(9)19-20-14)18-15(21)13-10-7-17-8-11(10)13/h3-6,10-11,13,17H,7-8H2,1-2H3,(H,18,21)(H,19,20)/t10-,11?,13?/m0/s1. The molecule has 0 spiro atoms. The first-order chi connectivity index (χ1) is 10.1. The highest BCUT2D eigenvalue weighted by atomic mass is 16.2. The normalized spacial score (nSPS) is 27.6. The van der Waals surface area contributed by atoms with Gasteiger partial charge in [0.2, 0.25) is 5.91 Å². The molecule has 21 heavy (non-hydrogen) atoms. The summed E-state index contributed by atoms with van der Waals surface area (Å²) in [6, 6.07) is 7.98. The molecule has 1 aliphatic carbocycles. The number of aromatic nitrogens is 2. The van der Waals surface area contributed by atoms with Gasteiger partial charge in [-0.2, -0.15) is 5.10 Å². The number of para-hydroxylation sites is 1. The van der Waals surface area contributed by atoms with Crippen molar-refractivity contribution in [3.05, 3.63) is 30.0 Å². The molecule has 1 amide bonds. The van der Waals surface area contributed by atoms with Gasteiger partial charge in [-0.15, -0.1) is 0 Å². The van der Waals surface area contributed by atoms with E-state index in [4.69, 9.17) is 0 Å². The van der Waals surface area contributed by atoms with Gasteiger partial charge < -0.3 is 10.6 Å². The number of nitrogens with zero attached hydrogens (tertiary/aromatic N) is 1. The first kappa shape index (κ1) is 12.8. The molecule has 4 rings (SSSR count). The van der Waals surface area contributed by atoms with Gasteiger partial charge in [-0.05, 0) is 44.8 Å². The van der Waals surface area contributed by atoms with E-state index in [1.165, 1.54) is 0 Å². The summed E-state index contributed by atoms with van der Waals surface area (Å²) in [5.41, 5.74) is 1.45. The molecule has 2 aliphatic rings. The zero-order valence-corrected chi connectivity index (χ0v) is 12.3. The third-order valence-electron chi connectivity index (χ3n) is 4.92. The van der Waals surface area contributed by atoms with Crippen molar-refractivity contribution in [3.8, 4) is 0 Å². The quantitative estimate of drug-likeness (QED) is 0.797. The Bertz CT molecular complexity index is 695. The number of carbonyl (C=O) groups is 1.